The molecule has 8 heteroatoms. The van der Waals surface area contributed by atoms with Gasteiger partial charge in [-0.05, 0) is 37.6 Å². The molecule has 160 valence electrons. The minimum Gasteiger partial charge on any atom is -0.327 e. The SMILES string of the molecule is Cc1ccn(-c2cccnc2)c(=O)c1C(=O)N1CCn2nc(-c3ccccc3)nc2[C@@H]1C. The predicted molar refractivity (Wildman–Crippen MR) is 119 cm³/mol. The monoisotopic (exact) mass is 426 g/mol. The summed E-state index contributed by atoms with van der Waals surface area (Å²) >= 11 is 0. The molecule has 0 aliphatic carbocycles. The average Bonchev–Trinajstić information content (AvgIpc) is 3.26. The van der Waals surface area contributed by atoms with Crippen molar-refractivity contribution in [3.63, 3.8) is 0 Å². The van der Waals surface area contributed by atoms with Crippen LogP contribution in [0, 0.1) is 6.92 Å². The molecular formula is C24H22N6O2. The minimum absolute atomic E-state index is 0.166. The number of carbonyl (C=O) groups is 1. The van der Waals surface area contributed by atoms with E-state index in [1.807, 2.05) is 41.9 Å². The first kappa shape index (κ1) is 19.9. The minimum atomic E-state index is -0.354. The van der Waals surface area contributed by atoms with Gasteiger partial charge in [-0.15, -0.1) is 0 Å². The van der Waals surface area contributed by atoms with Crippen LogP contribution in [0.2, 0.25) is 0 Å². The molecule has 4 heterocycles. The molecule has 1 aromatic carbocycles. The van der Waals surface area contributed by atoms with E-state index in [9.17, 15) is 9.59 Å². The van der Waals surface area contributed by atoms with Gasteiger partial charge in [0, 0.05) is 24.5 Å². The fourth-order valence-corrected chi connectivity index (χ4v) is 4.08. The van der Waals surface area contributed by atoms with E-state index >= 15 is 0 Å². The maximum Gasteiger partial charge on any atom is 0.268 e. The van der Waals surface area contributed by atoms with Crippen molar-refractivity contribution >= 4 is 5.91 Å². The molecule has 32 heavy (non-hydrogen) atoms. The van der Waals surface area contributed by atoms with E-state index in [1.54, 1.807) is 48.6 Å². The summed E-state index contributed by atoms with van der Waals surface area (Å²) in [6.45, 7) is 4.68. The first-order chi connectivity index (χ1) is 15.5. The number of rotatable bonds is 3. The Morgan fingerprint density at radius 3 is 2.62 bits per heavy atom. The summed E-state index contributed by atoms with van der Waals surface area (Å²) in [5.41, 5.74) is 2.00. The fraction of sp³-hybridized carbons (Fsp3) is 0.208. The second-order valence-corrected chi connectivity index (χ2v) is 7.82. The molecule has 1 atom stereocenters. The van der Waals surface area contributed by atoms with Crippen molar-refractivity contribution in [1.82, 2.24) is 29.2 Å². The molecule has 0 radical (unpaired) electrons. The van der Waals surface area contributed by atoms with Gasteiger partial charge in [0.2, 0.25) is 0 Å². The molecule has 0 fully saturated rings. The van der Waals surface area contributed by atoms with Gasteiger partial charge >= 0.3 is 0 Å². The number of fused-ring (bicyclic) bond motifs is 1. The number of aryl methyl sites for hydroxylation is 1. The smallest absolute Gasteiger partial charge is 0.268 e. The van der Waals surface area contributed by atoms with Crippen LogP contribution in [-0.4, -0.2) is 41.7 Å². The Bertz CT molecular complexity index is 1340. The Hall–Kier alpha value is -4.07. The molecule has 0 spiro atoms. The molecule has 0 saturated heterocycles. The molecule has 0 saturated carbocycles. The Labute approximate surface area is 184 Å². The highest BCUT2D eigenvalue weighted by atomic mass is 16.2. The number of benzene rings is 1. The molecule has 1 aliphatic heterocycles. The maximum atomic E-state index is 13.6. The first-order valence-electron chi connectivity index (χ1n) is 10.5. The zero-order valence-electron chi connectivity index (χ0n) is 17.8. The van der Waals surface area contributed by atoms with E-state index in [1.165, 1.54) is 4.57 Å². The van der Waals surface area contributed by atoms with Crippen molar-refractivity contribution in [2.75, 3.05) is 6.54 Å². The van der Waals surface area contributed by atoms with Crippen LogP contribution in [0.25, 0.3) is 17.1 Å². The van der Waals surface area contributed by atoms with Crippen LogP contribution in [-0.2, 0) is 6.54 Å². The standard InChI is InChI=1S/C24H22N6O2/c1-16-10-12-29(19-9-6-11-25-15-19)24(32)20(16)23(31)28-13-14-30-22(17(28)2)26-21(27-30)18-7-4-3-5-8-18/h3-12,15,17H,13-14H2,1-2H3/t17-/m0/s1. The molecule has 5 rings (SSSR count). The van der Waals surface area contributed by atoms with E-state index < -0.39 is 0 Å². The number of amides is 1. The fourth-order valence-electron chi connectivity index (χ4n) is 4.08. The summed E-state index contributed by atoms with van der Waals surface area (Å²) in [5, 5.41) is 4.62. The van der Waals surface area contributed by atoms with Crippen molar-refractivity contribution in [2.24, 2.45) is 0 Å². The normalized spacial score (nSPS) is 15.4. The van der Waals surface area contributed by atoms with E-state index in [0.717, 1.165) is 5.56 Å². The lowest BCUT2D eigenvalue weighted by Gasteiger charge is -2.33. The lowest BCUT2D eigenvalue weighted by molar-refractivity contribution is 0.0627. The average molecular weight is 426 g/mol. The van der Waals surface area contributed by atoms with Crippen LogP contribution in [0.1, 0.15) is 34.7 Å². The summed E-state index contributed by atoms with van der Waals surface area (Å²) < 4.78 is 3.31. The predicted octanol–water partition coefficient (Wildman–Crippen LogP) is 3.02. The van der Waals surface area contributed by atoms with E-state index in [0.29, 0.717) is 36.0 Å². The van der Waals surface area contributed by atoms with Crippen molar-refractivity contribution in [3.05, 3.63) is 94.4 Å². The van der Waals surface area contributed by atoms with Gasteiger partial charge in [-0.2, -0.15) is 5.10 Å². The van der Waals surface area contributed by atoms with Gasteiger partial charge < -0.3 is 4.90 Å². The maximum absolute atomic E-state index is 13.6. The molecule has 4 aromatic rings. The summed E-state index contributed by atoms with van der Waals surface area (Å²) in [6.07, 6.45) is 4.92. The third-order valence-corrected chi connectivity index (χ3v) is 5.83. The lowest BCUT2D eigenvalue weighted by Crippen LogP contribution is -2.44. The Kier molecular flexibility index (Phi) is 4.89. The van der Waals surface area contributed by atoms with Gasteiger partial charge in [0.1, 0.15) is 11.4 Å². The quantitative estimate of drug-likeness (QED) is 0.503. The second kappa shape index (κ2) is 7.88. The topological polar surface area (TPSA) is 85.9 Å². The number of hydrogen-bond donors (Lipinski definition) is 0. The molecule has 0 N–H and O–H groups in total. The van der Waals surface area contributed by atoms with Crippen molar-refractivity contribution < 1.29 is 4.79 Å². The molecule has 1 amide bonds. The molecule has 0 unspecified atom stereocenters. The third kappa shape index (κ3) is 3.30. The Morgan fingerprint density at radius 1 is 1.06 bits per heavy atom. The summed E-state index contributed by atoms with van der Waals surface area (Å²) in [7, 11) is 0. The van der Waals surface area contributed by atoms with Gasteiger partial charge in [-0.25, -0.2) is 9.67 Å². The Morgan fingerprint density at radius 2 is 1.88 bits per heavy atom. The van der Waals surface area contributed by atoms with E-state index in [-0.39, 0.29) is 23.1 Å². The largest absolute Gasteiger partial charge is 0.327 e. The van der Waals surface area contributed by atoms with Gasteiger partial charge in [-0.3, -0.25) is 19.1 Å². The number of carbonyl (C=O) groups excluding carboxylic acids is 1. The zero-order chi connectivity index (χ0) is 22.2. The van der Waals surface area contributed by atoms with Crippen molar-refractivity contribution in [1.29, 1.82) is 0 Å². The highest BCUT2D eigenvalue weighted by molar-refractivity contribution is 5.95. The highest BCUT2D eigenvalue weighted by Crippen LogP contribution is 2.27. The Balaban J connectivity index is 1.50. The molecule has 1 aliphatic rings. The first-order valence-corrected chi connectivity index (χ1v) is 10.5. The number of hydrogen-bond acceptors (Lipinski definition) is 5. The summed E-state index contributed by atoms with van der Waals surface area (Å²) in [6, 6.07) is 14.8. The number of pyridine rings is 2. The van der Waals surface area contributed by atoms with Crippen LogP contribution < -0.4 is 5.56 Å². The van der Waals surface area contributed by atoms with Crippen LogP contribution in [0.4, 0.5) is 0 Å². The van der Waals surface area contributed by atoms with Gasteiger partial charge in [0.25, 0.3) is 11.5 Å². The summed E-state index contributed by atoms with van der Waals surface area (Å²) in [5.74, 6) is 1.05. The van der Waals surface area contributed by atoms with Crippen molar-refractivity contribution in [3.8, 4) is 17.1 Å². The van der Waals surface area contributed by atoms with Gasteiger partial charge in [0.15, 0.2) is 5.82 Å². The van der Waals surface area contributed by atoms with Crippen LogP contribution in [0.5, 0.6) is 0 Å². The molecular weight excluding hydrogens is 404 g/mol. The van der Waals surface area contributed by atoms with Crippen LogP contribution in [0.15, 0.2) is 71.9 Å². The summed E-state index contributed by atoms with van der Waals surface area (Å²) in [4.78, 5) is 37.3. The number of nitrogens with zero attached hydrogens (tertiary/aromatic N) is 6. The zero-order valence-corrected chi connectivity index (χ0v) is 17.8. The van der Waals surface area contributed by atoms with Crippen LogP contribution >= 0.6 is 0 Å². The third-order valence-electron chi connectivity index (χ3n) is 5.83. The molecule has 8 nitrogen and oxygen atoms in total. The lowest BCUT2D eigenvalue weighted by atomic mass is 10.1. The molecule has 0 bridgehead atoms. The van der Waals surface area contributed by atoms with Crippen LogP contribution in [0.3, 0.4) is 0 Å². The number of aromatic nitrogens is 5. The van der Waals surface area contributed by atoms with Gasteiger partial charge in [-0.1, -0.05) is 30.3 Å². The van der Waals surface area contributed by atoms with Gasteiger partial charge in [0.05, 0.1) is 24.5 Å². The highest BCUT2D eigenvalue weighted by Gasteiger charge is 2.33. The van der Waals surface area contributed by atoms with Crippen molar-refractivity contribution in [2.45, 2.75) is 26.4 Å². The van der Waals surface area contributed by atoms with E-state index in [2.05, 4.69) is 10.1 Å². The van der Waals surface area contributed by atoms with E-state index in [4.69, 9.17) is 4.98 Å². The molecule has 3 aromatic heterocycles. The second-order valence-electron chi connectivity index (χ2n) is 7.82.